The maximum Gasteiger partial charge on any atom is 0.0208 e. The molecular formula is C5H11O-. The summed E-state index contributed by atoms with van der Waals surface area (Å²) in [5.41, 5.74) is -0.153. The van der Waals surface area contributed by atoms with Crippen molar-refractivity contribution in [2.75, 3.05) is 6.61 Å². The van der Waals surface area contributed by atoms with E-state index < -0.39 is 0 Å². The molecule has 0 aromatic rings. The van der Waals surface area contributed by atoms with Crippen molar-refractivity contribution in [3.63, 3.8) is 0 Å². The Bertz CT molecular complexity index is 33.7. The zero-order valence-electron chi connectivity index (χ0n) is 4.36. The number of aliphatic hydroxyl groups excluding tert-OH is 1. The van der Waals surface area contributed by atoms with Crippen LogP contribution in [0.5, 0.6) is 0 Å². The Balaban J connectivity index is 3.17. The summed E-state index contributed by atoms with van der Waals surface area (Å²) in [7, 11) is 0. The second kappa shape index (κ2) is 1.61. The summed E-state index contributed by atoms with van der Waals surface area (Å²) in [6.45, 7) is 7.56. The minimum atomic E-state index is -0.153. The molecule has 1 nitrogen and oxygen atoms in total. The molecule has 0 unspecified atom stereocenters. The van der Waals surface area contributed by atoms with Gasteiger partial charge in [-0.1, -0.05) is 13.8 Å². The highest BCUT2D eigenvalue weighted by atomic mass is 16.3. The second-order valence-electron chi connectivity index (χ2n) is 2.32. The predicted octanol–water partition coefficient (Wildman–Crippen LogP) is 0.839. The Hall–Kier alpha value is -0.0400. The standard InChI is InChI=1S/C5H11O/c1-5(2,3)4-6/h6H,1,4H2,2-3H3/q-1. The molecule has 0 saturated heterocycles. The highest BCUT2D eigenvalue weighted by molar-refractivity contribution is 4.67. The van der Waals surface area contributed by atoms with Gasteiger partial charge in [0.2, 0.25) is 0 Å². The van der Waals surface area contributed by atoms with Crippen LogP contribution >= 0.6 is 0 Å². The smallest absolute Gasteiger partial charge is 0.0208 e. The average Bonchev–Trinajstić information content (AvgIpc) is 1.35. The van der Waals surface area contributed by atoms with Crippen LogP contribution in [0.1, 0.15) is 13.8 Å². The van der Waals surface area contributed by atoms with E-state index in [-0.39, 0.29) is 12.0 Å². The lowest BCUT2D eigenvalue weighted by molar-refractivity contribution is 0.197. The molecule has 0 heterocycles. The van der Waals surface area contributed by atoms with E-state index in [1.807, 2.05) is 13.8 Å². The third kappa shape index (κ3) is 3.96. The van der Waals surface area contributed by atoms with Gasteiger partial charge in [-0.2, -0.15) is 0 Å². The van der Waals surface area contributed by atoms with E-state index >= 15 is 0 Å². The molecule has 0 aromatic heterocycles. The normalized spacial score (nSPS) is 12.0. The van der Waals surface area contributed by atoms with Crippen LogP contribution in [0.2, 0.25) is 0 Å². The number of hydrogen-bond donors (Lipinski definition) is 1. The molecule has 38 valence electrons. The van der Waals surface area contributed by atoms with Gasteiger partial charge in [-0.25, -0.2) is 0 Å². The van der Waals surface area contributed by atoms with Gasteiger partial charge in [-0.3, -0.25) is 0 Å². The van der Waals surface area contributed by atoms with E-state index in [1.165, 1.54) is 0 Å². The quantitative estimate of drug-likeness (QED) is 0.470. The first-order valence-electron chi connectivity index (χ1n) is 2.02. The third-order valence-electron chi connectivity index (χ3n) is 0.428. The molecular weight excluding hydrogens is 76.1 g/mol. The van der Waals surface area contributed by atoms with Gasteiger partial charge in [0.1, 0.15) is 0 Å². The summed E-state index contributed by atoms with van der Waals surface area (Å²) in [5, 5.41) is 8.34. The van der Waals surface area contributed by atoms with Crippen LogP contribution in [0, 0.1) is 12.3 Å². The summed E-state index contributed by atoms with van der Waals surface area (Å²) in [5.74, 6) is 0. The van der Waals surface area contributed by atoms with E-state index in [0.29, 0.717) is 0 Å². The highest BCUT2D eigenvalue weighted by Gasteiger charge is 1.95. The molecule has 0 aromatic carbocycles. The van der Waals surface area contributed by atoms with Crippen molar-refractivity contribution in [1.29, 1.82) is 0 Å². The van der Waals surface area contributed by atoms with Crippen molar-refractivity contribution >= 4 is 0 Å². The van der Waals surface area contributed by atoms with Gasteiger partial charge in [0.05, 0.1) is 0 Å². The van der Waals surface area contributed by atoms with Crippen molar-refractivity contribution in [3.05, 3.63) is 6.92 Å². The first kappa shape index (κ1) is 5.96. The minimum absolute atomic E-state index is 0.153. The number of hydrogen-bond acceptors (Lipinski definition) is 1. The Morgan fingerprint density at radius 1 is 1.67 bits per heavy atom. The van der Waals surface area contributed by atoms with Crippen molar-refractivity contribution in [1.82, 2.24) is 0 Å². The summed E-state index contributed by atoms with van der Waals surface area (Å²) in [6.07, 6.45) is 0. The zero-order chi connectivity index (χ0) is 5.21. The lowest BCUT2D eigenvalue weighted by Crippen LogP contribution is -2.10. The van der Waals surface area contributed by atoms with Crippen molar-refractivity contribution in [2.45, 2.75) is 13.8 Å². The second-order valence-corrected chi connectivity index (χ2v) is 2.32. The van der Waals surface area contributed by atoms with Gasteiger partial charge in [-0.05, 0) is 0 Å². The van der Waals surface area contributed by atoms with Crippen molar-refractivity contribution in [2.24, 2.45) is 5.41 Å². The maximum atomic E-state index is 8.34. The molecule has 0 aliphatic rings. The molecule has 0 bridgehead atoms. The monoisotopic (exact) mass is 87.1 g/mol. The predicted molar refractivity (Wildman–Crippen MR) is 26.2 cm³/mol. The highest BCUT2D eigenvalue weighted by Crippen LogP contribution is 2.08. The van der Waals surface area contributed by atoms with E-state index in [4.69, 9.17) is 5.11 Å². The van der Waals surface area contributed by atoms with E-state index in [2.05, 4.69) is 6.92 Å². The minimum Gasteiger partial charge on any atom is -0.399 e. The van der Waals surface area contributed by atoms with Crippen LogP contribution in [0.25, 0.3) is 0 Å². The van der Waals surface area contributed by atoms with Crippen LogP contribution in [0.3, 0.4) is 0 Å². The van der Waals surface area contributed by atoms with E-state index in [1.54, 1.807) is 0 Å². The molecule has 0 amide bonds. The zero-order valence-corrected chi connectivity index (χ0v) is 4.36. The molecule has 0 aliphatic carbocycles. The fourth-order valence-corrected chi connectivity index (χ4v) is 0. The van der Waals surface area contributed by atoms with Crippen LogP contribution in [-0.2, 0) is 0 Å². The molecule has 1 N–H and O–H groups in total. The Morgan fingerprint density at radius 2 is 1.83 bits per heavy atom. The lowest BCUT2D eigenvalue weighted by Gasteiger charge is -2.21. The molecule has 0 spiro atoms. The van der Waals surface area contributed by atoms with Gasteiger partial charge in [0.15, 0.2) is 0 Å². The van der Waals surface area contributed by atoms with Gasteiger partial charge >= 0.3 is 0 Å². The van der Waals surface area contributed by atoms with Gasteiger partial charge < -0.3 is 12.0 Å². The lowest BCUT2D eigenvalue weighted by atomic mass is 9.99. The van der Waals surface area contributed by atoms with Crippen LogP contribution in [-0.4, -0.2) is 11.7 Å². The van der Waals surface area contributed by atoms with Crippen molar-refractivity contribution in [3.8, 4) is 0 Å². The molecule has 6 heavy (non-hydrogen) atoms. The summed E-state index contributed by atoms with van der Waals surface area (Å²) in [6, 6.07) is 0. The average molecular weight is 87.1 g/mol. The topological polar surface area (TPSA) is 20.2 Å². The molecule has 0 rings (SSSR count). The maximum absolute atomic E-state index is 8.34. The van der Waals surface area contributed by atoms with Crippen LogP contribution in [0.15, 0.2) is 0 Å². The largest absolute Gasteiger partial charge is 0.399 e. The first-order chi connectivity index (χ1) is 2.56. The van der Waals surface area contributed by atoms with E-state index in [9.17, 15) is 0 Å². The van der Waals surface area contributed by atoms with Crippen LogP contribution in [0.4, 0.5) is 0 Å². The summed E-state index contributed by atoms with van der Waals surface area (Å²) < 4.78 is 0. The molecule has 1 heteroatoms. The molecule has 0 radical (unpaired) electrons. The first-order valence-corrected chi connectivity index (χ1v) is 2.02. The summed E-state index contributed by atoms with van der Waals surface area (Å²) in [4.78, 5) is 0. The van der Waals surface area contributed by atoms with Crippen molar-refractivity contribution < 1.29 is 5.11 Å². The van der Waals surface area contributed by atoms with E-state index in [0.717, 1.165) is 0 Å². The fraction of sp³-hybridized carbons (Fsp3) is 0.800. The van der Waals surface area contributed by atoms with Gasteiger partial charge in [0, 0.05) is 6.61 Å². The van der Waals surface area contributed by atoms with Gasteiger partial charge in [0.25, 0.3) is 0 Å². The Kier molecular flexibility index (Phi) is 1.59. The third-order valence-corrected chi connectivity index (χ3v) is 0.428. The fourth-order valence-electron chi connectivity index (χ4n) is 0. The molecule has 0 atom stereocenters. The molecule has 0 fully saturated rings. The molecule has 0 saturated carbocycles. The Labute approximate surface area is 39.0 Å². The van der Waals surface area contributed by atoms with Gasteiger partial charge in [-0.15, -0.1) is 5.41 Å². The number of rotatable bonds is 1. The SMILES string of the molecule is [CH2-]C(C)(C)CO. The Morgan fingerprint density at radius 3 is 1.83 bits per heavy atom. The molecule has 0 aliphatic heterocycles. The number of aliphatic hydroxyl groups is 1. The summed E-state index contributed by atoms with van der Waals surface area (Å²) >= 11 is 0. The van der Waals surface area contributed by atoms with Crippen LogP contribution < -0.4 is 0 Å².